The topological polar surface area (TPSA) is 147 Å². The second-order valence-corrected chi connectivity index (χ2v) is 14.7. The van der Waals surface area contributed by atoms with Gasteiger partial charge in [-0.15, -0.1) is 0 Å². The molecule has 272 valence electrons. The van der Waals surface area contributed by atoms with E-state index in [9.17, 15) is 23.1 Å². The third-order valence-corrected chi connectivity index (χ3v) is 10.2. The van der Waals surface area contributed by atoms with Gasteiger partial charge in [-0.1, -0.05) is 18.5 Å². The molecule has 1 heterocycles. The number of hydrogen-bond donors (Lipinski definition) is 3. The third-order valence-electron chi connectivity index (χ3n) is 8.57. The number of likely N-dealkylation sites (N-methyl/N-ethyl adjacent to an activating group) is 1. The number of hydrogen-bond acceptors (Lipinski definition) is 8. The SMILES string of the molecule is COc1ccc(NC(=O)N(C)C[C@H]2OCCCC[C@H](C)Oc3ccc(NS(=O)(=O)c4ccc(Cl)cc4)cc3C(=O)N([C@@H](C)CO)C[C@H]2C)cc1. The maximum atomic E-state index is 14.4. The number of nitrogens with one attached hydrogen (secondary N) is 2. The maximum absolute atomic E-state index is 14.4. The number of benzene rings is 3. The number of urea groups is 1. The van der Waals surface area contributed by atoms with E-state index >= 15 is 0 Å². The average Bonchev–Trinajstić information content (AvgIpc) is 3.09. The Morgan fingerprint density at radius 3 is 2.42 bits per heavy atom. The molecule has 4 atom stereocenters. The van der Waals surface area contributed by atoms with Gasteiger partial charge in [-0.25, -0.2) is 13.2 Å². The standard InChI is InChI=1S/C36H47ClN4O8S/c1-24-21-41(25(2)23-42)35(43)32-20-29(39-50(45,46)31-16-9-27(37)10-17-31)13-18-33(32)49-26(3)8-6-7-19-48-34(24)22-40(4)36(44)38-28-11-14-30(47-5)15-12-28/h9-18,20,24-26,34,39,42H,6-8,19,21-23H2,1-5H3,(H,38,44)/t24-,25+,26+,34-/m1/s1. The van der Waals surface area contributed by atoms with Gasteiger partial charge in [-0.2, -0.15) is 0 Å². The predicted molar refractivity (Wildman–Crippen MR) is 194 cm³/mol. The van der Waals surface area contributed by atoms with E-state index < -0.39 is 28.1 Å². The molecule has 0 aromatic heterocycles. The van der Waals surface area contributed by atoms with E-state index in [-0.39, 0.29) is 53.9 Å². The van der Waals surface area contributed by atoms with Crippen LogP contribution in [0.1, 0.15) is 50.4 Å². The largest absolute Gasteiger partial charge is 0.497 e. The van der Waals surface area contributed by atoms with Gasteiger partial charge in [0.2, 0.25) is 0 Å². The highest BCUT2D eigenvalue weighted by molar-refractivity contribution is 7.92. The number of amides is 3. The molecule has 3 N–H and O–H groups in total. The van der Waals surface area contributed by atoms with Crippen molar-refractivity contribution in [1.82, 2.24) is 9.80 Å². The number of rotatable bonds is 9. The van der Waals surface area contributed by atoms with Crippen molar-refractivity contribution in [3.63, 3.8) is 0 Å². The first-order valence-electron chi connectivity index (χ1n) is 16.6. The minimum atomic E-state index is -4.00. The molecule has 3 aromatic carbocycles. The van der Waals surface area contributed by atoms with Crippen molar-refractivity contribution >= 4 is 44.9 Å². The van der Waals surface area contributed by atoms with Crippen LogP contribution in [0.25, 0.3) is 0 Å². The van der Waals surface area contributed by atoms with Gasteiger partial charge in [0, 0.05) is 49.1 Å². The average molecular weight is 731 g/mol. The molecule has 0 saturated carbocycles. The van der Waals surface area contributed by atoms with E-state index in [1.807, 2.05) is 13.8 Å². The third kappa shape index (κ3) is 10.5. The van der Waals surface area contributed by atoms with E-state index in [4.69, 9.17) is 25.8 Å². The zero-order valence-electron chi connectivity index (χ0n) is 29.1. The van der Waals surface area contributed by atoms with Gasteiger partial charge < -0.3 is 34.4 Å². The molecule has 0 radical (unpaired) electrons. The Hall–Kier alpha value is -4.04. The van der Waals surface area contributed by atoms with Crippen LogP contribution < -0.4 is 19.5 Å². The molecular weight excluding hydrogens is 684 g/mol. The van der Waals surface area contributed by atoms with Crippen LogP contribution in [0, 0.1) is 5.92 Å². The van der Waals surface area contributed by atoms with E-state index in [2.05, 4.69) is 10.0 Å². The summed E-state index contributed by atoms with van der Waals surface area (Å²) in [7, 11) is -0.745. The van der Waals surface area contributed by atoms with Gasteiger partial charge >= 0.3 is 6.03 Å². The number of nitrogens with zero attached hydrogens (tertiary/aromatic N) is 2. The molecule has 4 rings (SSSR count). The van der Waals surface area contributed by atoms with Gasteiger partial charge in [0.25, 0.3) is 15.9 Å². The fourth-order valence-corrected chi connectivity index (χ4v) is 6.70. The second kappa shape index (κ2) is 17.8. The lowest BCUT2D eigenvalue weighted by molar-refractivity contribution is -0.0115. The van der Waals surface area contributed by atoms with Crippen molar-refractivity contribution in [1.29, 1.82) is 0 Å². The molecule has 3 aromatic rings. The number of sulfonamides is 1. The van der Waals surface area contributed by atoms with E-state index in [1.54, 1.807) is 62.4 Å². The van der Waals surface area contributed by atoms with Gasteiger partial charge in [-0.05, 0) is 99.8 Å². The lowest BCUT2D eigenvalue weighted by Crippen LogP contribution is -2.48. The normalized spacial score (nSPS) is 19.7. The number of carbonyl (C=O) groups excluding carboxylic acids is 2. The molecule has 1 aliphatic heterocycles. The molecule has 0 bridgehead atoms. The summed E-state index contributed by atoms with van der Waals surface area (Å²) in [4.78, 5) is 30.6. The fourth-order valence-electron chi connectivity index (χ4n) is 5.52. The number of aliphatic hydroxyl groups is 1. The van der Waals surface area contributed by atoms with Crippen LogP contribution in [0.3, 0.4) is 0 Å². The number of aliphatic hydroxyl groups excluding tert-OH is 1. The van der Waals surface area contributed by atoms with Crippen molar-refractivity contribution < 1.29 is 37.3 Å². The molecule has 0 saturated heterocycles. The van der Waals surface area contributed by atoms with Crippen molar-refractivity contribution in [3.8, 4) is 11.5 Å². The Morgan fingerprint density at radius 1 is 1.08 bits per heavy atom. The molecule has 0 aliphatic carbocycles. The minimum Gasteiger partial charge on any atom is -0.497 e. The lowest BCUT2D eigenvalue weighted by atomic mass is 10.0. The summed E-state index contributed by atoms with van der Waals surface area (Å²) in [5.74, 6) is 0.254. The first kappa shape index (κ1) is 38.8. The number of ether oxygens (including phenoxy) is 3. The number of halogens is 1. The van der Waals surface area contributed by atoms with Crippen LogP contribution in [-0.4, -0.2) is 94.0 Å². The summed E-state index contributed by atoms with van der Waals surface area (Å²) < 4.78 is 46.7. The lowest BCUT2D eigenvalue weighted by Gasteiger charge is -2.35. The van der Waals surface area contributed by atoms with E-state index in [1.165, 1.54) is 35.2 Å². The first-order valence-corrected chi connectivity index (χ1v) is 18.5. The van der Waals surface area contributed by atoms with Gasteiger partial charge in [-0.3, -0.25) is 9.52 Å². The molecule has 14 heteroatoms. The number of methoxy groups -OCH3 is 1. The van der Waals surface area contributed by atoms with Crippen molar-refractivity contribution in [2.24, 2.45) is 5.92 Å². The molecule has 0 fully saturated rings. The highest BCUT2D eigenvalue weighted by atomic mass is 35.5. The number of fused-ring (bicyclic) bond motifs is 1. The summed E-state index contributed by atoms with van der Waals surface area (Å²) in [5, 5.41) is 13.5. The van der Waals surface area contributed by atoms with E-state index in [0.717, 1.165) is 12.8 Å². The summed E-state index contributed by atoms with van der Waals surface area (Å²) in [6.07, 6.45) is 1.53. The van der Waals surface area contributed by atoms with Crippen molar-refractivity contribution in [2.75, 3.05) is 50.5 Å². The van der Waals surface area contributed by atoms with Gasteiger partial charge in [0.15, 0.2) is 0 Å². The molecule has 3 amide bonds. The van der Waals surface area contributed by atoms with Crippen LogP contribution in [0.4, 0.5) is 16.2 Å². The minimum absolute atomic E-state index is 0.0104. The van der Waals surface area contributed by atoms with E-state index in [0.29, 0.717) is 35.2 Å². The monoisotopic (exact) mass is 730 g/mol. The molecule has 1 aliphatic rings. The predicted octanol–water partition coefficient (Wildman–Crippen LogP) is 6.11. The zero-order valence-corrected chi connectivity index (χ0v) is 30.7. The smallest absolute Gasteiger partial charge is 0.321 e. The second-order valence-electron chi connectivity index (χ2n) is 12.6. The van der Waals surface area contributed by atoms with Crippen LogP contribution in [0.2, 0.25) is 5.02 Å². The Bertz CT molecular complexity index is 1690. The van der Waals surface area contributed by atoms with Gasteiger partial charge in [0.1, 0.15) is 11.5 Å². The quantitative estimate of drug-likeness (QED) is 0.239. The maximum Gasteiger partial charge on any atom is 0.321 e. The summed E-state index contributed by atoms with van der Waals surface area (Å²) in [5.41, 5.74) is 0.923. The number of anilines is 2. The Labute approximate surface area is 299 Å². The molecule has 0 spiro atoms. The fraction of sp³-hybridized carbons (Fsp3) is 0.444. The molecule has 50 heavy (non-hydrogen) atoms. The van der Waals surface area contributed by atoms with Gasteiger partial charge in [0.05, 0.1) is 42.4 Å². The Kier molecular flexibility index (Phi) is 13.8. The highest BCUT2D eigenvalue weighted by Crippen LogP contribution is 2.30. The van der Waals surface area contributed by atoms with Crippen LogP contribution in [0.5, 0.6) is 11.5 Å². The summed E-state index contributed by atoms with van der Waals surface area (Å²) in [6.45, 7) is 6.13. The Balaban J connectivity index is 1.61. The molecule has 12 nitrogen and oxygen atoms in total. The molecular formula is C36H47ClN4O8S. The zero-order chi connectivity index (χ0) is 36.4. The first-order chi connectivity index (χ1) is 23.8. The van der Waals surface area contributed by atoms with Crippen molar-refractivity contribution in [2.45, 2.75) is 63.2 Å². The summed E-state index contributed by atoms with van der Waals surface area (Å²) >= 11 is 5.95. The molecule has 0 unspecified atom stereocenters. The Morgan fingerprint density at radius 2 is 1.76 bits per heavy atom. The van der Waals surface area contributed by atoms with Crippen LogP contribution >= 0.6 is 11.6 Å². The highest BCUT2D eigenvalue weighted by Gasteiger charge is 2.31. The van der Waals surface area contributed by atoms with Crippen LogP contribution in [0.15, 0.2) is 71.6 Å². The number of carbonyl (C=O) groups is 2. The van der Waals surface area contributed by atoms with Crippen molar-refractivity contribution in [3.05, 3.63) is 77.3 Å². The summed E-state index contributed by atoms with van der Waals surface area (Å²) in [6, 6.07) is 16.4. The van der Waals surface area contributed by atoms with Crippen LogP contribution in [-0.2, 0) is 14.8 Å².